The first-order valence-corrected chi connectivity index (χ1v) is 13.5. The molecule has 1 fully saturated rings. The van der Waals surface area contributed by atoms with E-state index in [0.29, 0.717) is 29.4 Å². The van der Waals surface area contributed by atoms with Crippen molar-refractivity contribution in [2.45, 2.75) is 6.61 Å². The number of carbonyl (C=O) groups excluding carboxylic acids is 3. The van der Waals surface area contributed by atoms with Crippen molar-refractivity contribution in [1.29, 1.82) is 0 Å². The molecule has 7 nitrogen and oxygen atoms in total. The largest absolute Gasteiger partial charge is 0.493 e. The smallest absolute Gasteiger partial charge is 0.294 e. The number of thioether (sulfide) groups is 1. The van der Waals surface area contributed by atoms with Gasteiger partial charge in [-0.05, 0) is 100 Å². The summed E-state index contributed by atoms with van der Waals surface area (Å²) in [7, 11) is 1.52. The van der Waals surface area contributed by atoms with Crippen LogP contribution in [-0.4, -0.2) is 35.6 Å². The van der Waals surface area contributed by atoms with Gasteiger partial charge in [0.05, 0.1) is 15.6 Å². The first-order valence-electron chi connectivity index (χ1n) is 10.8. The summed E-state index contributed by atoms with van der Waals surface area (Å²) >= 11 is 6.28. The maximum atomic E-state index is 13.1. The predicted octanol–water partition coefficient (Wildman–Crippen LogP) is 6.46. The number of imide groups is 1. The fourth-order valence-corrected chi connectivity index (χ4v) is 5.25. The first-order chi connectivity index (χ1) is 17.7. The van der Waals surface area contributed by atoms with E-state index in [0.717, 1.165) is 30.3 Å². The topological polar surface area (TPSA) is 84.9 Å². The minimum atomic E-state index is -0.575. The highest BCUT2D eigenvalue weighted by Crippen LogP contribution is 2.37. The minimum absolute atomic E-state index is 0.181. The average molecular weight is 697 g/mol. The molecule has 190 valence electrons. The van der Waals surface area contributed by atoms with E-state index in [-0.39, 0.29) is 4.91 Å². The maximum Gasteiger partial charge on any atom is 0.294 e. The monoisotopic (exact) mass is 696 g/mol. The number of benzene rings is 3. The van der Waals surface area contributed by atoms with Crippen molar-refractivity contribution in [1.82, 2.24) is 4.90 Å². The van der Waals surface area contributed by atoms with Crippen molar-refractivity contribution in [3.05, 3.63) is 90.6 Å². The SMILES string of the molecule is COc1cc(/C=C2\SC(=O)N(CC(=O)Nc3ccc(F)cc3)C2=O)cc(I)c1OCc1ccc(Br)cc1. The Hall–Kier alpha value is -2.90. The van der Waals surface area contributed by atoms with E-state index in [1.807, 2.05) is 30.3 Å². The highest BCUT2D eigenvalue weighted by molar-refractivity contribution is 14.1. The Kier molecular flexibility index (Phi) is 8.87. The molecule has 3 aromatic rings. The van der Waals surface area contributed by atoms with Crippen LogP contribution in [0.1, 0.15) is 11.1 Å². The number of nitrogens with one attached hydrogen (secondary N) is 1. The van der Waals surface area contributed by atoms with Crippen molar-refractivity contribution in [2.24, 2.45) is 0 Å². The van der Waals surface area contributed by atoms with Crippen LogP contribution in [-0.2, 0) is 16.2 Å². The molecule has 0 spiro atoms. The summed E-state index contributed by atoms with van der Waals surface area (Å²) in [4.78, 5) is 38.7. The van der Waals surface area contributed by atoms with Crippen LogP contribution < -0.4 is 14.8 Å². The van der Waals surface area contributed by atoms with Gasteiger partial charge in [0.1, 0.15) is 19.0 Å². The lowest BCUT2D eigenvalue weighted by Crippen LogP contribution is -2.36. The van der Waals surface area contributed by atoms with Crippen LogP contribution in [0.3, 0.4) is 0 Å². The number of ether oxygens (including phenoxy) is 2. The van der Waals surface area contributed by atoms with Crippen molar-refractivity contribution < 1.29 is 28.2 Å². The third-order valence-corrected chi connectivity index (χ3v) is 7.39. The van der Waals surface area contributed by atoms with Gasteiger partial charge in [0.2, 0.25) is 5.91 Å². The lowest BCUT2D eigenvalue weighted by atomic mass is 10.1. The van der Waals surface area contributed by atoms with Crippen molar-refractivity contribution in [3.63, 3.8) is 0 Å². The standard InChI is InChI=1S/C26H19BrFIN2O5S/c1-35-21-11-16(10-20(29)24(21)36-14-15-2-4-17(27)5-3-15)12-22-25(33)31(26(34)37-22)13-23(32)30-19-8-6-18(28)7-9-19/h2-12H,13-14H2,1H3,(H,30,32)/b22-12-. The predicted molar refractivity (Wildman–Crippen MR) is 152 cm³/mol. The number of rotatable bonds is 8. The van der Waals surface area contributed by atoms with Gasteiger partial charge in [-0.1, -0.05) is 28.1 Å². The van der Waals surface area contributed by atoms with E-state index in [9.17, 15) is 18.8 Å². The van der Waals surface area contributed by atoms with E-state index in [2.05, 4.69) is 43.8 Å². The van der Waals surface area contributed by atoms with Gasteiger partial charge in [-0.15, -0.1) is 0 Å². The third kappa shape index (κ3) is 6.90. The van der Waals surface area contributed by atoms with Gasteiger partial charge in [0.15, 0.2) is 11.5 Å². The van der Waals surface area contributed by atoms with Gasteiger partial charge >= 0.3 is 0 Å². The molecule has 0 unspecified atom stereocenters. The van der Waals surface area contributed by atoms with Crippen LogP contribution >= 0.6 is 50.3 Å². The molecule has 4 rings (SSSR count). The van der Waals surface area contributed by atoms with E-state index in [1.165, 1.54) is 31.4 Å². The van der Waals surface area contributed by atoms with Gasteiger partial charge in [0, 0.05) is 10.2 Å². The molecule has 1 heterocycles. The van der Waals surface area contributed by atoms with E-state index >= 15 is 0 Å². The fraction of sp³-hybridized carbons (Fsp3) is 0.115. The first kappa shape index (κ1) is 27.1. The number of hydrogen-bond donors (Lipinski definition) is 1. The van der Waals surface area contributed by atoms with Crippen molar-refractivity contribution >= 4 is 79.1 Å². The average Bonchev–Trinajstić information content (AvgIpc) is 3.12. The highest BCUT2D eigenvalue weighted by Gasteiger charge is 2.36. The molecule has 0 atom stereocenters. The molecule has 1 aliphatic heterocycles. The molecule has 0 radical (unpaired) electrons. The van der Waals surface area contributed by atoms with Gasteiger partial charge in [-0.2, -0.15) is 0 Å². The van der Waals surface area contributed by atoms with Crippen molar-refractivity contribution in [3.8, 4) is 11.5 Å². The van der Waals surface area contributed by atoms with Crippen LogP contribution in [0, 0.1) is 9.39 Å². The molecular weight excluding hydrogens is 678 g/mol. The maximum absolute atomic E-state index is 13.1. The number of carbonyl (C=O) groups is 3. The molecular formula is C26H19BrFIN2O5S. The molecule has 0 aromatic heterocycles. The Morgan fingerprint density at radius 2 is 1.84 bits per heavy atom. The van der Waals surface area contributed by atoms with Gasteiger partial charge < -0.3 is 14.8 Å². The lowest BCUT2D eigenvalue weighted by Gasteiger charge is -2.14. The molecule has 0 aliphatic carbocycles. The summed E-state index contributed by atoms with van der Waals surface area (Å²) < 4.78 is 26.3. The van der Waals surface area contributed by atoms with E-state index < -0.39 is 29.4 Å². The number of hydrogen-bond acceptors (Lipinski definition) is 6. The molecule has 11 heteroatoms. The van der Waals surface area contributed by atoms with Crippen LogP contribution in [0.5, 0.6) is 11.5 Å². The fourth-order valence-electron chi connectivity index (χ4n) is 3.36. The summed E-state index contributed by atoms with van der Waals surface area (Å²) in [5, 5.41) is 1.99. The van der Waals surface area contributed by atoms with Crippen molar-refractivity contribution in [2.75, 3.05) is 19.0 Å². The minimum Gasteiger partial charge on any atom is -0.493 e. The Morgan fingerprint density at radius 1 is 1.14 bits per heavy atom. The summed E-state index contributed by atoms with van der Waals surface area (Å²) in [6.07, 6.45) is 1.58. The number of nitrogens with zero attached hydrogens (tertiary/aromatic N) is 1. The van der Waals surface area contributed by atoms with Crippen LogP contribution in [0.4, 0.5) is 14.9 Å². The highest BCUT2D eigenvalue weighted by atomic mass is 127. The zero-order valence-corrected chi connectivity index (χ0v) is 23.9. The van der Waals surface area contributed by atoms with E-state index in [4.69, 9.17) is 9.47 Å². The van der Waals surface area contributed by atoms with E-state index in [1.54, 1.807) is 12.1 Å². The molecule has 1 saturated heterocycles. The zero-order valence-electron chi connectivity index (χ0n) is 19.3. The molecule has 0 bridgehead atoms. The summed E-state index contributed by atoms with van der Waals surface area (Å²) in [5.41, 5.74) is 1.99. The van der Waals surface area contributed by atoms with Gasteiger partial charge in [-0.3, -0.25) is 19.3 Å². The number of amides is 3. The normalized spacial score (nSPS) is 14.3. The Morgan fingerprint density at radius 3 is 2.51 bits per heavy atom. The molecule has 3 aromatic carbocycles. The van der Waals surface area contributed by atoms with Crippen LogP contribution in [0.15, 0.2) is 70.0 Å². The number of halogens is 3. The number of anilines is 1. The third-order valence-electron chi connectivity index (χ3n) is 5.15. The van der Waals surface area contributed by atoms with Gasteiger partial charge in [0.25, 0.3) is 11.1 Å². The second-order valence-corrected chi connectivity index (χ2v) is 10.8. The lowest BCUT2D eigenvalue weighted by molar-refractivity contribution is -0.127. The van der Waals surface area contributed by atoms with Crippen LogP contribution in [0.2, 0.25) is 0 Å². The van der Waals surface area contributed by atoms with Crippen LogP contribution in [0.25, 0.3) is 6.08 Å². The molecule has 3 amide bonds. The molecule has 37 heavy (non-hydrogen) atoms. The second-order valence-electron chi connectivity index (χ2n) is 7.77. The summed E-state index contributed by atoms with van der Waals surface area (Å²) in [6, 6.07) is 16.5. The summed E-state index contributed by atoms with van der Waals surface area (Å²) in [6.45, 7) is -0.110. The molecule has 1 aliphatic rings. The zero-order chi connectivity index (χ0) is 26.5. The molecule has 0 saturated carbocycles. The second kappa shape index (κ2) is 12.1. The summed E-state index contributed by atoms with van der Waals surface area (Å²) in [5.74, 6) is -0.543. The Balaban J connectivity index is 1.46. The molecule has 1 N–H and O–H groups in total. The van der Waals surface area contributed by atoms with Gasteiger partial charge in [-0.25, -0.2) is 4.39 Å². The Labute approximate surface area is 238 Å². The Bertz CT molecular complexity index is 1380. The number of methoxy groups -OCH3 is 1. The quantitative estimate of drug-likeness (QED) is 0.215.